The van der Waals surface area contributed by atoms with Crippen molar-refractivity contribution in [3.05, 3.63) is 59.5 Å². The molecule has 1 fully saturated rings. The molecule has 0 unspecified atom stereocenters. The van der Waals surface area contributed by atoms with Gasteiger partial charge in [-0.1, -0.05) is 13.8 Å². The lowest BCUT2D eigenvalue weighted by Crippen LogP contribution is -2.48. The fourth-order valence-electron chi connectivity index (χ4n) is 4.52. The molecule has 4 heterocycles. The molecule has 1 aliphatic rings. The molecule has 9 nitrogen and oxygen atoms in total. The van der Waals surface area contributed by atoms with E-state index in [-0.39, 0.29) is 30.3 Å². The van der Waals surface area contributed by atoms with Gasteiger partial charge in [0.2, 0.25) is 5.91 Å². The number of nitrogen functional groups attached to an aromatic ring is 1. The lowest BCUT2D eigenvalue weighted by Gasteiger charge is -2.32. The van der Waals surface area contributed by atoms with Crippen LogP contribution in [0.1, 0.15) is 41.9 Å². The van der Waals surface area contributed by atoms with Crippen LogP contribution >= 0.6 is 0 Å². The third-order valence-electron chi connectivity index (χ3n) is 6.71. The van der Waals surface area contributed by atoms with Gasteiger partial charge >= 0.3 is 6.18 Å². The first kappa shape index (κ1) is 24.5. The van der Waals surface area contributed by atoms with E-state index in [2.05, 4.69) is 15.1 Å². The average molecular weight is 512 g/mol. The van der Waals surface area contributed by atoms with Crippen molar-refractivity contribution in [2.24, 2.45) is 12.5 Å². The predicted octanol–water partition coefficient (Wildman–Crippen LogP) is 3.93. The zero-order chi connectivity index (χ0) is 26.7. The maximum absolute atomic E-state index is 13.8. The van der Waals surface area contributed by atoms with E-state index in [4.69, 9.17) is 5.73 Å². The topological polar surface area (TPSA) is 110 Å². The molecular weight excluding hydrogens is 487 g/mol. The van der Waals surface area contributed by atoms with Crippen LogP contribution in [0, 0.1) is 5.41 Å². The molecule has 3 aromatic heterocycles. The molecule has 0 bridgehead atoms. The molecular formula is C25H24F3N7O2. The van der Waals surface area contributed by atoms with Gasteiger partial charge in [-0.3, -0.25) is 24.3 Å². The third kappa shape index (κ3) is 4.21. The average Bonchev–Trinajstić information content (AvgIpc) is 3.36. The van der Waals surface area contributed by atoms with E-state index in [1.54, 1.807) is 50.0 Å². The number of carbonyl (C=O) groups excluding carboxylic acids is 2. The van der Waals surface area contributed by atoms with Crippen LogP contribution in [0.5, 0.6) is 0 Å². The summed E-state index contributed by atoms with van der Waals surface area (Å²) in [5.41, 5.74) is 6.24. The first-order valence-corrected chi connectivity index (χ1v) is 11.5. The van der Waals surface area contributed by atoms with E-state index < -0.39 is 23.1 Å². The van der Waals surface area contributed by atoms with Crippen LogP contribution in [-0.2, 0) is 24.6 Å². The van der Waals surface area contributed by atoms with E-state index in [0.29, 0.717) is 34.0 Å². The Morgan fingerprint density at radius 1 is 1.16 bits per heavy atom. The molecule has 0 atom stereocenters. The predicted molar refractivity (Wildman–Crippen MR) is 130 cm³/mol. The fraction of sp³-hybridized carbons (Fsp3) is 0.320. The summed E-state index contributed by atoms with van der Waals surface area (Å²) in [6.07, 6.45) is -1.69. The highest BCUT2D eigenvalue weighted by molar-refractivity contribution is 6.10. The van der Waals surface area contributed by atoms with Crippen LogP contribution in [0.25, 0.3) is 21.8 Å². The second-order valence-electron chi connectivity index (χ2n) is 9.72. The standard InChI is InChI=1S/C25H24F3N7O2/c1-24(2)8-9-34(23(24)37)35(13-16-6-5-15(11-30-16)25(26,27)28)22(36)14-4-7-19-17(10-14)20-18(21(29)32-19)12-31-33(20)3/h4-7,10-12H,8-9,13H2,1-3H3,(H2,29,32). The smallest absolute Gasteiger partial charge is 0.383 e. The minimum atomic E-state index is -4.53. The maximum atomic E-state index is 13.8. The van der Waals surface area contributed by atoms with Gasteiger partial charge in [-0.25, -0.2) is 9.99 Å². The third-order valence-corrected chi connectivity index (χ3v) is 6.71. The van der Waals surface area contributed by atoms with Crippen molar-refractivity contribution >= 4 is 39.4 Å². The highest BCUT2D eigenvalue weighted by Crippen LogP contribution is 2.34. The minimum Gasteiger partial charge on any atom is -0.383 e. The number of hydrogen-bond donors (Lipinski definition) is 1. The number of aryl methyl sites for hydroxylation is 1. The molecule has 1 saturated heterocycles. The lowest BCUT2D eigenvalue weighted by atomic mass is 9.92. The normalized spacial score (nSPS) is 15.6. The number of nitrogens with zero attached hydrogens (tertiary/aromatic N) is 6. The summed E-state index contributed by atoms with van der Waals surface area (Å²) in [4.78, 5) is 35.3. The van der Waals surface area contributed by atoms with Crippen LogP contribution < -0.4 is 5.73 Å². The van der Waals surface area contributed by atoms with Gasteiger partial charge in [0.1, 0.15) is 5.82 Å². The number of anilines is 1. The van der Waals surface area contributed by atoms with Gasteiger partial charge in [0, 0.05) is 36.2 Å². The minimum absolute atomic E-state index is 0.183. The molecule has 0 spiro atoms. The number of aromatic nitrogens is 4. The van der Waals surface area contributed by atoms with Crippen LogP contribution in [0.4, 0.5) is 19.0 Å². The molecule has 0 radical (unpaired) electrons. The lowest BCUT2D eigenvalue weighted by molar-refractivity contribution is -0.146. The molecule has 2 amide bonds. The second-order valence-corrected chi connectivity index (χ2v) is 9.72. The highest BCUT2D eigenvalue weighted by atomic mass is 19.4. The zero-order valence-corrected chi connectivity index (χ0v) is 20.4. The molecule has 4 aromatic rings. The largest absolute Gasteiger partial charge is 0.417 e. The number of hydrogen-bond acceptors (Lipinski definition) is 6. The Hall–Kier alpha value is -4.22. The van der Waals surface area contributed by atoms with Crippen molar-refractivity contribution in [3.8, 4) is 0 Å². The summed E-state index contributed by atoms with van der Waals surface area (Å²) in [5.74, 6) is -0.437. The summed E-state index contributed by atoms with van der Waals surface area (Å²) in [6, 6.07) is 7.02. The molecule has 1 aromatic carbocycles. The Bertz CT molecular complexity index is 1540. The Morgan fingerprint density at radius 2 is 1.92 bits per heavy atom. The van der Waals surface area contributed by atoms with Crippen molar-refractivity contribution in [1.29, 1.82) is 0 Å². The number of benzene rings is 1. The number of carbonyl (C=O) groups is 2. The summed E-state index contributed by atoms with van der Waals surface area (Å²) in [5, 5.41) is 8.14. The zero-order valence-electron chi connectivity index (χ0n) is 20.4. The maximum Gasteiger partial charge on any atom is 0.417 e. The Balaban J connectivity index is 1.56. The Morgan fingerprint density at radius 3 is 2.54 bits per heavy atom. The van der Waals surface area contributed by atoms with Crippen molar-refractivity contribution in [2.75, 3.05) is 12.3 Å². The van der Waals surface area contributed by atoms with Crippen LogP contribution in [0.15, 0.2) is 42.7 Å². The Labute approximate surface area is 209 Å². The van der Waals surface area contributed by atoms with Crippen molar-refractivity contribution < 1.29 is 22.8 Å². The van der Waals surface area contributed by atoms with E-state index in [9.17, 15) is 22.8 Å². The van der Waals surface area contributed by atoms with Gasteiger partial charge in [-0.05, 0) is 36.8 Å². The van der Waals surface area contributed by atoms with E-state index >= 15 is 0 Å². The van der Waals surface area contributed by atoms with Gasteiger partial charge in [0.25, 0.3) is 5.91 Å². The monoisotopic (exact) mass is 511 g/mol. The van der Waals surface area contributed by atoms with Gasteiger partial charge in [-0.15, -0.1) is 0 Å². The van der Waals surface area contributed by atoms with Crippen molar-refractivity contribution in [1.82, 2.24) is 29.8 Å². The van der Waals surface area contributed by atoms with Gasteiger partial charge in [-0.2, -0.15) is 18.3 Å². The second kappa shape index (κ2) is 8.43. The number of amides is 2. The number of pyridine rings is 2. The van der Waals surface area contributed by atoms with Gasteiger partial charge < -0.3 is 5.73 Å². The summed E-state index contributed by atoms with van der Waals surface area (Å²) >= 11 is 0. The first-order chi connectivity index (χ1) is 17.4. The molecule has 12 heteroatoms. The van der Waals surface area contributed by atoms with Crippen LogP contribution in [0.3, 0.4) is 0 Å². The van der Waals surface area contributed by atoms with Crippen molar-refractivity contribution in [2.45, 2.75) is 33.0 Å². The molecule has 1 aliphatic heterocycles. The summed E-state index contributed by atoms with van der Waals surface area (Å²) in [7, 11) is 1.75. The number of nitrogens with two attached hydrogens (primary N) is 1. The summed E-state index contributed by atoms with van der Waals surface area (Å²) < 4.78 is 40.7. The van der Waals surface area contributed by atoms with Crippen LogP contribution in [0.2, 0.25) is 0 Å². The highest BCUT2D eigenvalue weighted by Gasteiger charge is 2.43. The quantitative estimate of drug-likeness (QED) is 0.445. The van der Waals surface area contributed by atoms with Crippen LogP contribution in [-0.4, -0.2) is 48.1 Å². The number of halogens is 3. The molecule has 0 aliphatic carbocycles. The van der Waals surface area contributed by atoms with E-state index in [1.807, 2.05) is 0 Å². The van der Waals surface area contributed by atoms with Gasteiger partial charge in [0.05, 0.1) is 40.4 Å². The summed E-state index contributed by atoms with van der Waals surface area (Å²) in [6.45, 7) is 3.69. The SMILES string of the molecule is Cn1ncc2c(N)nc3ccc(C(=O)N(Cc4ccc(C(F)(F)F)cn4)N4CCC(C)(C)C4=O)cc3c21. The first-order valence-electron chi connectivity index (χ1n) is 11.5. The van der Waals surface area contributed by atoms with E-state index in [0.717, 1.165) is 12.3 Å². The number of fused-ring (bicyclic) bond motifs is 3. The molecule has 5 rings (SSSR count). The van der Waals surface area contributed by atoms with E-state index in [1.165, 1.54) is 16.1 Å². The molecule has 2 N–H and O–H groups in total. The molecule has 0 saturated carbocycles. The van der Waals surface area contributed by atoms with Gasteiger partial charge in [0.15, 0.2) is 0 Å². The Kier molecular flexibility index (Phi) is 5.57. The number of alkyl halides is 3. The molecule has 37 heavy (non-hydrogen) atoms. The molecule has 192 valence electrons. The number of rotatable bonds is 4. The van der Waals surface area contributed by atoms with Crippen molar-refractivity contribution in [3.63, 3.8) is 0 Å². The fourth-order valence-corrected chi connectivity index (χ4v) is 4.52. The number of hydrazine groups is 1.